The summed E-state index contributed by atoms with van der Waals surface area (Å²) in [6, 6.07) is 7.63. The molecule has 1 aromatic rings. The van der Waals surface area contributed by atoms with E-state index in [1.807, 2.05) is 24.3 Å². The Morgan fingerprint density at radius 3 is 3.07 bits per heavy atom. The van der Waals surface area contributed by atoms with Crippen LogP contribution >= 0.6 is 0 Å². The SMILES string of the molecule is O=C=NCc1ccccc1C1=NCCO1. The lowest BCUT2D eigenvalue weighted by molar-refractivity contribution is 0.348. The zero-order valence-electron chi connectivity index (χ0n) is 8.14. The summed E-state index contributed by atoms with van der Waals surface area (Å²) in [4.78, 5) is 17.8. The van der Waals surface area contributed by atoms with Crippen molar-refractivity contribution in [1.82, 2.24) is 0 Å². The molecule has 1 aliphatic rings. The Bertz CT molecular complexity index is 434. The first-order valence-electron chi connectivity index (χ1n) is 4.71. The van der Waals surface area contributed by atoms with Crippen LogP contribution in [0.25, 0.3) is 0 Å². The van der Waals surface area contributed by atoms with Gasteiger partial charge in [-0.05, 0) is 11.6 Å². The molecular weight excluding hydrogens is 192 g/mol. The topological polar surface area (TPSA) is 51.0 Å². The predicted molar refractivity (Wildman–Crippen MR) is 55.6 cm³/mol. The molecular formula is C11H10N2O2. The van der Waals surface area contributed by atoms with Crippen molar-refractivity contribution >= 4 is 12.0 Å². The van der Waals surface area contributed by atoms with Crippen LogP contribution in [0.2, 0.25) is 0 Å². The lowest BCUT2D eigenvalue weighted by Crippen LogP contribution is -2.04. The quantitative estimate of drug-likeness (QED) is 0.548. The highest BCUT2D eigenvalue weighted by molar-refractivity contribution is 5.96. The van der Waals surface area contributed by atoms with Crippen LogP contribution < -0.4 is 0 Å². The van der Waals surface area contributed by atoms with Crippen LogP contribution in [0.5, 0.6) is 0 Å². The molecule has 0 radical (unpaired) electrons. The largest absolute Gasteiger partial charge is 0.476 e. The molecule has 0 spiro atoms. The van der Waals surface area contributed by atoms with Crippen LogP contribution in [-0.4, -0.2) is 25.1 Å². The number of ether oxygens (including phenoxy) is 1. The third kappa shape index (κ3) is 2.11. The molecule has 4 heteroatoms. The molecule has 2 rings (SSSR count). The summed E-state index contributed by atoms with van der Waals surface area (Å²) in [6.45, 7) is 1.64. The highest BCUT2D eigenvalue weighted by Crippen LogP contribution is 2.14. The summed E-state index contributed by atoms with van der Waals surface area (Å²) in [5, 5.41) is 0. The van der Waals surface area contributed by atoms with E-state index in [1.165, 1.54) is 6.08 Å². The molecule has 0 unspecified atom stereocenters. The number of hydrogen-bond acceptors (Lipinski definition) is 4. The molecule has 0 saturated carbocycles. The van der Waals surface area contributed by atoms with Gasteiger partial charge in [0.25, 0.3) is 0 Å². The molecule has 4 nitrogen and oxygen atoms in total. The van der Waals surface area contributed by atoms with Gasteiger partial charge in [-0.2, -0.15) is 0 Å². The highest BCUT2D eigenvalue weighted by Gasteiger charge is 2.13. The average Bonchev–Trinajstić information content (AvgIpc) is 2.80. The smallest absolute Gasteiger partial charge is 0.235 e. The van der Waals surface area contributed by atoms with E-state index in [2.05, 4.69) is 9.98 Å². The monoisotopic (exact) mass is 202 g/mol. The van der Waals surface area contributed by atoms with Gasteiger partial charge in [0.05, 0.1) is 13.1 Å². The van der Waals surface area contributed by atoms with Gasteiger partial charge in [-0.25, -0.2) is 14.8 Å². The molecule has 1 heterocycles. The number of isocyanates is 1. The number of nitrogens with zero attached hydrogens (tertiary/aromatic N) is 2. The molecule has 0 aromatic heterocycles. The van der Waals surface area contributed by atoms with E-state index in [0.29, 0.717) is 25.6 Å². The predicted octanol–water partition coefficient (Wildman–Crippen LogP) is 1.30. The second kappa shape index (κ2) is 4.53. The number of hydrogen-bond donors (Lipinski definition) is 0. The van der Waals surface area contributed by atoms with Gasteiger partial charge >= 0.3 is 0 Å². The Balaban J connectivity index is 2.32. The van der Waals surface area contributed by atoms with Crippen LogP contribution in [0.3, 0.4) is 0 Å². The molecule has 0 atom stereocenters. The first-order chi connectivity index (χ1) is 7.42. The summed E-state index contributed by atoms with van der Waals surface area (Å²) in [5.41, 5.74) is 1.84. The van der Waals surface area contributed by atoms with E-state index in [1.54, 1.807) is 0 Å². The minimum Gasteiger partial charge on any atom is -0.476 e. The van der Waals surface area contributed by atoms with Gasteiger partial charge in [-0.1, -0.05) is 18.2 Å². The molecule has 76 valence electrons. The average molecular weight is 202 g/mol. The first-order valence-corrected chi connectivity index (χ1v) is 4.71. The highest BCUT2D eigenvalue weighted by atomic mass is 16.5. The Kier molecular flexibility index (Phi) is 2.90. The Labute approximate surface area is 87.3 Å². The van der Waals surface area contributed by atoms with Gasteiger partial charge in [0.1, 0.15) is 6.61 Å². The third-order valence-corrected chi connectivity index (χ3v) is 2.15. The maximum Gasteiger partial charge on any atom is 0.235 e. The lowest BCUT2D eigenvalue weighted by Gasteiger charge is -2.05. The lowest BCUT2D eigenvalue weighted by atomic mass is 10.1. The minimum absolute atomic E-state index is 0.321. The normalized spacial score (nSPS) is 14.0. The Morgan fingerprint density at radius 1 is 1.47 bits per heavy atom. The molecule has 0 fully saturated rings. The van der Waals surface area contributed by atoms with Crippen molar-refractivity contribution in [2.24, 2.45) is 9.98 Å². The van der Waals surface area contributed by atoms with Crippen molar-refractivity contribution in [2.75, 3.05) is 13.2 Å². The van der Waals surface area contributed by atoms with E-state index in [-0.39, 0.29) is 0 Å². The van der Waals surface area contributed by atoms with Crippen molar-refractivity contribution in [2.45, 2.75) is 6.54 Å². The standard InChI is InChI=1S/C11H10N2O2/c14-8-12-7-9-3-1-2-4-10(9)11-13-5-6-15-11/h1-4H,5-7H2. The van der Waals surface area contributed by atoms with Crippen LogP contribution in [0, 0.1) is 0 Å². The fourth-order valence-corrected chi connectivity index (χ4v) is 1.48. The summed E-state index contributed by atoms with van der Waals surface area (Å²) in [5.74, 6) is 0.645. The van der Waals surface area contributed by atoms with Crippen LogP contribution in [0.4, 0.5) is 0 Å². The Hall–Kier alpha value is -1.93. The van der Waals surface area contributed by atoms with Gasteiger partial charge in [0.2, 0.25) is 12.0 Å². The van der Waals surface area contributed by atoms with Gasteiger partial charge in [-0.3, -0.25) is 0 Å². The maximum atomic E-state index is 10.1. The van der Waals surface area contributed by atoms with E-state index in [9.17, 15) is 4.79 Å². The maximum absolute atomic E-state index is 10.1. The first kappa shape index (κ1) is 9.62. The summed E-state index contributed by atoms with van der Waals surface area (Å²) < 4.78 is 5.37. The van der Waals surface area contributed by atoms with Crippen LogP contribution in [-0.2, 0) is 16.1 Å². The molecule has 15 heavy (non-hydrogen) atoms. The minimum atomic E-state index is 0.321. The zero-order valence-corrected chi connectivity index (χ0v) is 8.14. The van der Waals surface area contributed by atoms with Crippen molar-refractivity contribution in [3.8, 4) is 0 Å². The van der Waals surface area contributed by atoms with E-state index < -0.39 is 0 Å². The summed E-state index contributed by atoms with van der Waals surface area (Å²) in [6.07, 6.45) is 1.53. The molecule has 1 aliphatic heterocycles. The van der Waals surface area contributed by atoms with E-state index in [4.69, 9.17) is 4.74 Å². The van der Waals surface area contributed by atoms with Crippen molar-refractivity contribution in [1.29, 1.82) is 0 Å². The second-order valence-corrected chi connectivity index (χ2v) is 3.10. The number of aliphatic imine (C=N–C) groups is 2. The molecule has 0 saturated heterocycles. The fourth-order valence-electron chi connectivity index (χ4n) is 1.48. The molecule has 0 bridgehead atoms. The van der Waals surface area contributed by atoms with Gasteiger partial charge < -0.3 is 4.74 Å². The molecule has 0 aliphatic carbocycles. The van der Waals surface area contributed by atoms with E-state index >= 15 is 0 Å². The van der Waals surface area contributed by atoms with Gasteiger partial charge in [0.15, 0.2) is 0 Å². The molecule has 1 aromatic carbocycles. The van der Waals surface area contributed by atoms with Crippen LogP contribution in [0.15, 0.2) is 34.3 Å². The summed E-state index contributed by atoms with van der Waals surface area (Å²) in [7, 11) is 0. The van der Waals surface area contributed by atoms with Crippen molar-refractivity contribution < 1.29 is 9.53 Å². The Morgan fingerprint density at radius 2 is 2.33 bits per heavy atom. The van der Waals surface area contributed by atoms with Crippen molar-refractivity contribution in [3.63, 3.8) is 0 Å². The zero-order chi connectivity index (χ0) is 10.5. The van der Waals surface area contributed by atoms with Crippen LogP contribution in [0.1, 0.15) is 11.1 Å². The fraction of sp³-hybridized carbons (Fsp3) is 0.273. The van der Waals surface area contributed by atoms with Crippen molar-refractivity contribution in [3.05, 3.63) is 35.4 Å². The second-order valence-electron chi connectivity index (χ2n) is 3.10. The number of rotatable bonds is 3. The molecule has 0 amide bonds. The number of benzene rings is 1. The van der Waals surface area contributed by atoms with Gasteiger partial charge in [0, 0.05) is 5.56 Å². The number of carbonyl (C=O) groups excluding carboxylic acids is 1. The third-order valence-electron chi connectivity index (χ3n) is 2.15. The summed E-state index contributed by atoms with van der Waals surface area (Å²) >= 11 is 0. The van der Waals surface area contributed by atoms with E-state index in [0.717, 1.165) is 11.1 Å². The van der Waals surface area contributed by atoms with Gasteiger partial charge in [-0.15, -0.1) is 0 Å². The molecule has 0 N–H and O–H groups in total.